The van der Waals surface area contributed by atoms with Crippen molar-refractivity contribution in [3.05, 3.63) is 35.9 Å². The molecule has 0 saturated heterocycles. The van der Waals surface area contributed by atoms with Crippen LogP contribution in [0.3, 0.4) is 0 Å². The van der Waals surface area contributed by atoms with Crippen molar-refractivity contribution < 1.29 is 17.9 Å². The molecule has 0 radical (unpaired) electrons. The Bertz CT molecular complexity index is 475. The van der Waals surface area contributed by atoms with Crippen molar-refractivity contribution in [2.45, 2.75) is 13.0 Å². The molecule has 100 valence electrons. The molecule has 1 N–H and O–H groups in total. The summed E-state index contributed by atoms with van der Waals surface area (Å²) in [5.41, 5.74) is 0.899. The number of nitrogens with one attached hydrogen (secondary N) is 1. The molecule has 0 aliphatic rings. The van der Waals surface area contributed by atoms with Crippen molar-refractivity contribution >= 4 is 29.2 Å². The van der Waals surface area contributed by atoms with Gasteiger partial charge in [0.15, 0.2) is 0 Å². The highest BCUT2D eigenvalue weighted by atomic mass is 79.9. The van der Waals surface area contributed by atoms with Crippen LogP contribution in [0.4, 0.5) is 4.79 Å². The van der Waals surface area contributed by atoms with Crippen LogP contribution in [0.25, 0.3) is 0 Å². The van der Waals surface area contributed by atoms with Gasteiger partial charge in [-0.1, -0.05) is 30.3 Å². The molecule has 0 spiro atoms. The number of hydrogen-bond donors (Lipinski definition) is 1. The Morgan fingerprint density at radius 3 is 2.56 bits per heavy atom. The second-order valence-corrected chi connectivity index (χ2v) is 8.03. The van der Waals surface area contributed by atoms with Crippen LogP contribution in [0.5, 0.6) is 0 Å². The molecule has 0 atom stereocenters. The molecule has 0 aliphatic carbocycles. The summed E-state index contributed by atoms with van der Waals surface area (Å²) in [4.78, 5) is 11.2. The van der Waals surface area contributed by atoms with E-state index in [-0.39, 0.29) is 18.9 Å². The van der Waals surface area contributed by atoms with Gasteiger partial charge in [0.25, 0.3) is 0 Å². The fraction of sp³-hybridized carbons (Fsp3) is 0.364. The maximum Gasteiger partial charge on any atom is 0.407 e. The van der Waals surface area contributed by atoms with Crippen LogP contribution >= 0.6 is 14.8 Å². The minimum absolute atomic E-state index is 0.0219. The molecular formula is C11H14BrNO4S. The summed E-state index contributed by atoms with van der Waals surface area (Å²) >= 11 is 2.54. The van der Waals surface area contributed by atoms with E-state index in [0.717, 1.165) is 5.56 Å². The molecule has 0 heterocycles. The number of carbonyl (C=O) groups excluding carboxylic acids is 1. The van der Waals surface area contributed by atoms with E-state index in [1.807, 2.05) is 30.3 Å². The molecule has 0 aromatic heterocycles. The van der Waals surface area contributed by atoms with E-state index in [1.54, 1.807) is 0 Å². The van der Waals surface area contributed by atoms with E-state index >= 15 is 0 Å². The van der Waals surface area contributed by atoms with E-state index < -0.39 is 14.4 Å². The second-order valence-electron chi connectivity index (χ2n) is 3.59. The zero-order valence-corrected chi connectivity index (χ0v) is 12.0. The maximum atomic E-state index is 11.2. The Balaban J connectivity index is 2.15. The van der Waals surface area contributed by atoms with Crippen LogP contribution < -0.4 is 5.32 Å². The lowest BCUT2D eigenvalue weighted by Gasteiger charge is -2.06. The lowest BCUT2D eigenvalue weighted by Crippen LogP contribution is -2.26. The molecule has 0 unspecified atom stereocenters. The Labute approximate surface area is 114 Å². The predicted molar refractivity (Wildman–Crippen MR) is 72.0 cm³/mol. The Hall–Kier alpha value is -1.08. The van der Waals surface area contributed by atoms with E-state index in [0.29, 0.717) is 6.42 Å². The first-order chi connectivity index (χ1) is 8.47. The summed E-state index contributed by atoms with van der Waals surface area (Å²) in [6.07, 6.45) is -0.209. The van der Waals surface area contributed by atoms with E-state index in [4.69, 9.17) is 4.74 Å². The van der Waals surface area contributed by atoms with Crippen LogP contribution in [0.2, 0.25) is 0 Å². The number of carbonyl (C=O) groups is 1. The van der Waals surface area contributed by atoms with E-state index in [2.05, 4.69) is 20.1 Å². The summed E-state index contributed by atoms with van der Waals surface area (Å²) in [7, 11) is -3.16. The lowest BCUT2D eigenvalue weighted by atomic mass is 10.2. The molecule has 1 aromatic rings. The third-order valence-electron chi connectivity index (χ3n) is 2.05. The fourth-order valence-corrected chi connectivity index (χ4v) is 2.39. The van der Waals surface area contributed by atoms with Crippen molar-refractivity contribution in [2.24, 2.45) is 0 Å². The van der Waals surface area contributed by atoms with Crippen molar-refractivity contribution in [2.75, 3.05) is 12.3 Å². The summed E-state index contributed by atoms with van der Waals surface area (Å²) in [5, 5.41) is 2.48. The number of ether oxygens (including phenoxy) is 1. The maximum absolute atomic E-state index is 11.2. The highest BCUT2D eigenvalue weighted by Gasteiger charge is 2.05. The van der Waals surface area contributed by atoms with Gasteiger partial charge in [0.05, 0.1) is 20.6 Å². The second kappa shape index (κ2) is 7.38. The number of alkyl carbamates (subject to hydrolysis) is 1. The van der Waals surface area contributed by atoms with Gasteiger partial charge in [0.1, 0.15) is 6.61 Å². The first-order valence-corrected chi connectivity index (χ1v) is 8.84. The van der Waals surface area contributed by atoms with Gasteiger partial charge in [-0.15, -0.1) is 0 Å². The molecule has 5 nitrogen and oxygen atoms in total. The molecule has 0 bridgehead atoms. The zero-order chi connectivity index (χ0) is 13.4. The van der Waals surface area contributed by atoms with Crippen molar-refractivity contribution in [1.82, 2.24) is 5.32 Å². The van der Waals surface area contributed by atoms with Crippen molar-refractivity contribution in [3.8, 4) is 0 Å². The minimum Gasteiger partial charge on any atom is -0.445 e. The molecular weight excluding hydrogens is 322 g/mol. The molecule has 0 saturated carbocycles. The molecule has 1 rings (SSSR count). The number of amides is 1. The highest BCUT2D eigenvalue weighted by molar-refractivity contribution is 9.47. The number of halogens is 1. The number of benzene rings is 1. The average Bonchev–Trinajstić information content (AvgIpc) is 2.32. The van der Waals surface area contributed by atoms with Gasteiger partial charge in [0.2, 0.25) is 8.27 Å². The number of hydrogen-bond acceptors (Lipinski definition) is 4. The zero-order valence-electron chi connectivity index (χ0n) is 9.63. The Morgan fingerprint density at radius 2 is 1.94 bits per heavy atom. The first kappa shape index (κ1) is 15.0. The van der Waals surface area contributed by atoms with Crippen molar-refractivity contribution in [1.29, 1.82) is 0 Å². The summed E-state index contributed by atoms with van der Waals surface area (Å²) in [6.45, 7) is 0.460. The van der Waals surface area contributed by atoms with E-state index in [9.17, 15) is 13.2 Å². The quantitative estimate of drug-likeness (QED) is 0.637. The topological polar surface area (TPSA) is 72.5 Å². The van der Waals surface area contributed by atoms with Crippen molar-refractivity contribution in [3.63, 3.8) is 0 Å². The summed E-state index contributed by atoms with van der Waals surface area (Å²) in [5.74, 6) is -0.0219. The highest BCUT2D eigenvalue weighted by Crippen LogP contribution is 2.02. The fourth-order valence-electron chi connectivity index (χ4n) is 1.21. The van der Waals surface area contributed by atoms with Gasteiger partial charge in [-0.2, -0.15) is 0 Å². The third kappa shape index (κ3) is 7.29. The number of rotatable bonds is 6. The third-order valence-corrected chi connectivity index (χ3v) is 3.79. The van der Waals surface area contributed by atoms with Crippen LogP contribution in [0.15, 0.2) is 30.3 Å². The van der Waals surface area contributed by atoms with E-state index in [1.165, 1.54) is 0 Å². The first-order valence-electron chi connectivity index (χ1n) is 5.34. The van der Waals surface area contributed by atoms with Crippen LogP contribution in [-0.2, 0) is 19.6 Å². The summed E-state index contributed by atoms with van der Waals surface area (Å²) < 4.78 is 26.5. The van der Waals surface area contributed by atoms with Crippen LogP contribution in [0, 0.1) is 0 Å². The monoisotopic (exact) mass is 335 g/mol. The molecule has 1 aromatic carbocycles. The average molecular weight is 336 g/mol. The largest absolute Gasteiger partial charge is 0.445 e. The van der Waals surface area contributed by atoms with Gasteiger partial charge >= 0.3 is 6.09 Å². The normalized spacial score (nSPS) is 10.9. The van der Waals surface area contributed by atoms with Gasteiger partial charge in [-0.25, -0.2) is 13.2 Å². The van der Waals surface area contributed by atoms with Gasteiger partial charge in [-0.3, -0.25) is 0 Å². The van der Waals surface area contributed by atoms with Crippen LogP contribution in [0.1, 0.15) is 12.0 Å². The standard InChI is InChI=1S/C11H14BrNO4S/c12-18(15,16)8-4-7-13-11(14)17-9-10-5-2-1-3-6-10/h1-3,5-6H,4,7-9H2,(H,13,14). The molecule has 0 fully saturated rings. The molecule has 1 amide bonds. The lowest BCUT2D eigenvalue weighted by molar-refractivity contribution is 0.139. The minimum atomic E-state index is -3.16. The molecule has 0 aliphatic heterocycles. The van der Waals surface area contributed by atoms with Gasteiger partial charge < -0.3 is 10.1 Å². The Morgan fingerprint density at radius 1 is 1.28 bits per heavy atom. The summed E-state index contributed by atoms with van der Waals surface area (Å²) in [6, 6.07) is 9.30. The Kier molecular flexibility index (Phi) is 6.14. The van der Waals surface area contributed by atoms with Crippen LogP contribution in [-0.4, -0.2) is 26.8 Å². The predicted octanol–water partition coefficient (Wildman–Crippen LogP) is 2.03. The van der Waals surface area contributed by atoms with Gasteiger partial charge in [0, 0.05) is 6.54 Å². The smallest absolute Gasteiger partial charge is 0.407 e. The molecule has 18 heavy (non-hydrogen) atoms. The van der Waals surface area contributed by atoms with Gasteiger partial charge in [-0.05, 0) is 12.0 Å². The molecule has 7 heteroatoms. The SMILES string of the molecule is O=C(NCCCS(=O)(=O)Br)OCc1ccccc1.